The first-order valence-electron chi connectivity index (χ1n) is 5.20. The Morgan fingerprint density at radius 1 is 1.46 bits per heavy atom. The zero-order valence-electron chi connectivity index (χ0n) is 9.78. The van der Waals surface area contributed by atoms with Gasteiger partial charge in [-0.2, -0.15) is 0 Å². The lowest BCUT2D eigenvalue weighted by molar-refractivity contribution is -0.116. The Kier molecular flexibility index (Phi) is 2.55. The summed E-state index contributed by atoms with van der Waals surface area (Å²) in [5.41, 5.74) is 0.658. The summed E-state index contributed by atoms with van der Waals surface area (Å²) < 4.78 is 20.2. The maximum absolute atomic E-state index is 10.9. The lowest BCUT2D eigenvalue weighted by Crippen LogP contribution is -1.93. The van der Waals surface area contributed by atoms with Crippen molar-refractivity contribution in [3.8, 4) is 5.75 Å². The molecule has 0 N–H and O–H groups in total. The van der Waals surface area contributed by atoms with Gasteiger partial charge in [0.1, 0.15) is 11.5 Å². The van der Waals surface area contributed by atoms with Crippen LogP contribution in [0.3, 0.4) is 0 Å². The molecule has 0 fully saturated rings. The molecule has 13 heavy (non-hydrogen) atoms. The number of rotatable bonds is 4. The SMILES string of the molecule is [2H]C(C(C)=O)C([2H])c1ccc(OC)cc1. The molecule has 1 aromatic carbocycles. The minimum Gasteiger partial charge on any atom is -0.497 e. The number of carbonyl (C=O) groups excluding carboxylic acids is 1. The Labute approximate surface area is 81.3 Å². The molecule has 0 heterocycles. The van der Waals surface area contributed by atoms with E-state index in [0.717, 1.165) is 0 Å². The molecule has 0 aromatic heterocycles. The van der Waals surface area contributed by atoms with Crippen LogP contribution in [0.1, 0.15) is 21.6 Å². The highest BCUT2D eigenvalue weighted by Gasteiger charge is 1.96. The van der Waals surface area contributed by atoms with E-state index in [1.165, 1.54) is 6.92 Å². The van der Waals surface area contributed by atoms with Crippen LogP contribution in [0.5, 0.6) is 5.75 Å². The quantitative estimate of drug-likeness (QED) is 0.710. The molecule has 0 radical (unpaired) electrons. The lowest BCUT2D eigenvalue weighted by Gasteiger charge is -2.01. The monoisotopic (exact) mass is 180 g/mol. The van der Waals surface area contributed by atoms with E-state index in [0.29, 0.717) is 11.3 Å². The molecule has 0 amide bonds. The maximum atomic E-state index is 10.9. The number of Topliss-reactive ketones (excluding diaryl/α,β-unsaturated/α-hetero) is 1. The number of carbonyl (C=O) groups is 1. The average molecular weight is 180 g/mol. The minimum atomic E-state index is -1.02. The van der Waals surface area contributed by atoms with Crippen LogP contribution in [-0.4, -0.2) is 12.9 Å². The zero-order chi connectivity index (χ0) is 11.4. The Morgan fingerprint density at radius 2 is 2.08 bits per heavy atom. The van der Waals surface area contributed by atoms with Crippen molar-refractivity contribution in [1.29, 1.82) is 0 Å². The number of benzene rings is 1. The predicted octanol–water partition coefficient (Wildman–Crippen LogP) is 2.22. The number of hydrogen-bond donors (Lipinski definition) is 0. The fraction of sp³-hybridized carbons (Fsp3) is 0.364. The fourth-order valence-corrected chi connectivity index (χ4v) is 0.929. The molecule has 0 spiro atoms. The van der Waals surface area contributed by atoms with Gasteiger partial charge in [-0.1, -0.05) is 12.1 Å². The first-order chi connectivity index (χ1) is 7.06. The van der Waals surface area contributed by atoms with Gasteiger partial charge in [-0.05, 0) is 31.0 Å². The van der Waals surface area contributed by atoms with Crippen LogP contribution in [0.25, 0.3) is 0 Å². The first kappa shape index (κ1) is 7.13. The Balaban J connectivity index is 2.82. The lowest BCUT2D eigenvalue weighted by atomic mass is 10.1. The van der Waals surface area contributed by atoms with E-state index in [1.54, 1.807) is 31.4 Å². The number of aryl methyl sites for hydroxylation is 1. The second-order valence-corrected chi connectivity index (χ2v) is 2.72. The molecule has 2 nitrogen and oxygen atoms in total. The predicted molar refractivity (Wildman–Crippen MR) is 52.0 cm³/mol. The van der Waals surface area contributed by atoms with E-state index in [2.05, 4.69) is 0 Å². The molecule has 0 saturated heterocycles. The summed E-state index contributed by atoms with van der Waals surface area (Å²) in [7, 11) is 1.57. The molecule has 0 saturated carbocycles. The van der Waals surface area contributed by atoms with Crippen molar-refractivity contribution in [2.24, 2.45) is 0 Å². The minimum absolute atomic E-state index is 0.286. The van der Waals surface area contributed by atoms with Gasteiger partial charge in [-0.15, -0.1) is 0 Å². The smallest absolute Gasteiger partial charge is 0.130 e. The topological polar surface area (TPSA) is 26.3 Å². The Morgan fingerprint density at radius 3 is 2.54 bits per heavy atom. The van der Waals surface area contributed by atoms with Gasteiger partial charge < -0.3 is 9.53 Å². The standard InChI is InChI=1S/C11H14O2/c1-9(12)3-4-10-5-7-11(13-2)8-6-10/h5-8H,3-4H2,1-2H3/i3D,4D. The summed E-state index contributed by atoms with van der Waals surface area (Å²) in [6.45, 7) is 1.34. The van der Waals surface area contributed by atoms with Crippen molar-refractivity contribution in [2.75, 3.05) is 7.11 Å². The van der Waals surface area contributed by atoms with Gasteiger partial charge in [0.2, 0.25) is 0 Å². The van der Waals surface area contributed by atoms with Gasteiger partial charge in [0, 0.05) is 9.14 Å². The summed E-state index contributed by atoms with van der Waals surface area (Å²) in [5, 5.41) is 0. The van der Waals surface area contributed by atoms with Crippen LogP contribution in [0.2, 0.25) is 0 Å². The van der Waals surface area contributed by atoms with Crippen molar-refractivity contribution in [1.82, 2.24) is 0 Å². The number of ketones is 1. The van der Waals surface area contributed by atoms with E-state index in [1.807, 2.05) is 0 Å². The maximum Gasteiger partial charge on any atom is 0.130 e. The van der Waals surface area contributed by atoms with Crippen molar-refractivity contribution in [3.05, 3.63) is 29.8 Å². The molecule has 1 aromatic rings. The average Bonchev–Trinajstić information content (AvgIpc) is 2.27. The molecule has 0 aliphatic rings. The van der Waals surface area contributed by atoms with Gasteiger partial charge in [0.15, 0.2) is 0 Å². The molecule has 1 rings (SSSR count). The molecule has 2 atom stereocenters. The molecule has 0 bridgehead atoms. The number of ether oxygens (including phenoxy) is 1. The van der Waals surface area contributed by atoms with Gasteiger partial charge >= 0.3 is 0 Å². The second kappa shape index (κ2) is 4.65. The molecule has 0 aliphatic heterocycles. The van der Waals surface area contributed by atoms with Gasteiger partial charge in [-0.3, -0.25) is 0 Å². The summed E-state index contributed by atoms with van der Waals surface area (Å²) in [4.78, 5) is 10.9. The molecular weight excluding hydrogens is 164 g/mol. The molecule has 70 valence electrons. The van der Waals surface area contributed by atoms with E-state index in [4.69, 9.17) is 7.48 Å². The third kappa shape index (κ3) is 3.28. The van der Waals surface area contributed by atoms with Crippen LogP contribution in [-0.2, 0) is 11.2 Å². The van der Waals surface area contributed by atoms with Gasteiger partial charge in [-0.25, -0.2) is 0 Å². The van der Waals surface area contributed by atoms with Crippen molar-refractivity contribution >= 4 is 5.78 Å². The summed E-state index contributed by atoms with van der Waals surface area (Å²) >= 11 is 0. The second-order valence-electron chi connectivity index (χ2n) is 2.72. The Bertz CT molecular complexity index is 335. The van der Waals surface area contributed by atoms with Crippen molar-refractivity contribution in [2.45, 2.75) is 19.7 Å². The zero-order valence-corrected chi connectivity index (χ0v) is 7.78. The summed E-state index contributed by atoms with van der Waals surface area (Å²) in [5.74, 6) is 0.418. The molecule has 0 aliphatic carbocycles. The van der Waals surface area contributed by atoms with Crippen LogP contribution in [0.15, 0.2) is 24.3 Å². The Hall–Kier alpha value is -1.31. The van der Waals surface area contributed by atoms with E-state index in [-0.39, 0.29) is 5.78 Å². The van der Waals surface area contributed by atoms with Crippen LogP contribution in [0, 0.1) is 0 Å². The van der Waals surface area contributed by atoms with Crippen LogP contribution >= 0.6 is 0 Å². The normalized spacial score (nSPS) is 16.8. The number of hydrogen-bond acceptors (Lipinski definition) is 2. The summed E-state index contributed by atoms with van der Waals surface area (Å²) in [6, 6.07) is 6.87. The highest BCUT2D eigenvalue weighted by Crippen LogP contribution is 2.12. The number of methoxy groups -OCH3 is 1. The van der Waals surface area contributed by atoms with Gasteiger partial charge in [0.05, 0.1) is 7.11 Å². The molecular formula is C11H14O2. The first-order valence-corrected chi connectivity index (χ1v) is 4.05. The van der Waals surface area contributed by atoms with Crippen molar-refractivity contribution in [3.63, 3.8) is 0 Å². The highest BCUT2D eigenvalue weighted by atomic mass is 16.5. The van der Waals surface area contributed by atoms with Crippen LogP contribution in [0.4, 0.5) is 0 Å². The highest BCUT2D eigenvalue weighted by molar-refractivity contribution is 5.75. The van der Waals surface area contributed by atoms with E-state index < -0.39 is 12.8 Å². The fourth-order valence-electron chi connectivity index (χ4n) is 0.929. The largest absolute Gasteiger partial charge is 0.497 e. The summed E-state index contributed by atoms with van der Waals surface area (Å²) in [6.07, 6.45) is -1.84. The van der Waals surface area contributed by atoms with E-state index in [9.17, 15) is 4.79 Å². The van der Waals surface area contributed by atoms with Crippen LogP contribution < -0.4 is 4.74 Å². The molecule has 2 heteroatoms. The third-order valence-electron chi connectivity index (χ3n) is 1.63. The molecule has 2 unspecified atom stereocenters. The van der Waals surface area contributed by atoms with Crippen molar-refractivity contribution < 1.29 is 12.3 Å². The van der Waals surface area contributed by atoms with Gasteiger partial charge in [0.25, 0.3) is 0 Å². The van der Waals surface area contributed by atoms with E-state index >= 15 is 0 Å². The third-order valence-corrected chi connectivity index (χ3v) is 1.63.